The Balaban J connectivity index is 1.22. The third-order valence-corrected chi connectivity index (χ3v) is 6.24. The average Bonchev–Trinajstić information content (AvgIpc) is 3.40. The van der Waals surface area contributed by atoms with E-state index >= 15 is 0 Å². The van der Waals surface area contributed by atoms with Crippen molar-refractivity contribution in [3.8, 4) is 0 Å². The molecular weight excluding hydrogens is 432 g/mol. The van der Waals surface area contributed by atoms with Crippen molar-refractivity contribution in [1.82, 2.24) is 19.6 Å². The van der Waals surface area contributed by atoms with Gasteiger partial charge in [0.15, 0.2) is 0 Å². The van der Waals surface area contributed by atoms with Gasteiger partial charge in [-0.25, -0.2) is 4.98 Å². The van der Waals surface area contributed by atoms with Crippen LogP contribution < -0.4 is 0 Å². The van der Waals surface area contributed by atoms with Gasteiger partial charge >= 0.3 is 0 Å². The molecule has 5 rings (SSSR count). The van der Waals surface area contributed by atoms with Crippen molar-refractivity contribution in [1.29, 1.82) is 0 Å². The lowest BCUT2D eigenvalue weighted by molar-refractivity contribution is -0.106. The van der Waals surface area contributed by atoms with E-state index in [1.807, 2.05) is 24.5 Å². The SMILES string of the molecule is CCC(C)c1nc2ccccc2c2c1ncn2CCOCCON1C(=O)c2ccccc2C1=O. The summed E-state index contributed by atoms with van der Waals surface area (Å²) in [5.74, 6) is -0.572. The van der Waals surface area contributed by atoms with E-state index < -0.39 is 11.8 Å². The van der Waals surface area contributed by atoms with Crippen molar-refractivity contribution in [3.63, 3.8) is 0 Å². The van der Waals surface area contributed by atoms with Crippen LogP contribution >= 0.6 is 0 Å². The maximum atomic E-state index is 12.3. The van der Waals surface area contributed by atoms with Gasteiger partial charge in [0.05, 0.1) is 54.0 Å². The number of nitrogens with zero attached hydrogens (tertiary/aromatic N) is 4. The first kappa shape index (κ1) is 22.2. The summed E-state index contributed by atoms with van der Waals surface area (Å²) in [6.45, 7) is 5.72. The van der Waals surface area contributed by atoms with Crippen LogP contribution in [0, 0.1) is 0 Å². The molecule has 0 bridgehead atoms. The highest BCUT2D eigenvalue weighted by molar-refractivity contribution is 6.20. The predicted octanol–water partition coefficient (Wildman–Crippen LogP) is 4.34. The van der Waals surface area contributed by atoms with Crippen molar-refractivity contribution in [2.75, 3.05) is 19.8 Å². The number of hydrogen-bond donors (Lipinski definition) is 0. The van der Waals surface area contributed by atoms with E-state index in [2.05, 4.69) is 29.5 Å². The van der Waals surface area contributed by atoms with Crippen LogP contribution in [-0.4, -0.2) is 51.2 Å². The summed E-state index contributed by atoms with van der Waals surface area (Å²) >= 11 is 0. The summed E-state index contributed by atoms with van der Waals surface area (Å²) in [5, 5.41) is 1.88. The zero-order valence-electron chi connectivity index (χ0n) is 19.2. The molecular formula is C26H26N4O4. The maximum absolute atomic E-state index is 12.3. The van der Waals surface area contributed by atoms with Gasteiger partial charge in [-0.1, -0.05) is 44.2 Å². The number of hydroxylamine groups is 2. The number of rotatable bonds is 9. The van der Waals surface area contributed by atoms with E-state index in [1.54, 1.807) is 24.3 Å². The number of amides is 2. The summed E-state index contributed by atoms with van der Waals surface area (Å²) in [7, 11) is 0. The molecule has 1 unspecified atom stereocenters. The van der Waals surface area contributed by atoms with Gasteiger partial charge < -0.3 is 9.30 Å². The van der Waals surface area contributed by atoms with Gasteiger partial charge in [-0.3, -0.25) is 19.4 Å². The van der Waals surface area contributed by atoms with Crippen molar-refractivity contribution in [2.45, 2.75) is 32.7 Å². The van der Waals surface area contributed by atoms with E-state index in [9.17, 15) is 9.59 Å². The summed E-state index contributed by atoms with van der Waals surface area (Å²) in [6, 6.07) is 14.8. The quantitative estimate of drug-likeness (QED) is 0.274. The Morgan fingerprint density at radius 1 is 0.941 bits per heavy atom. The molecule has 2 aromatic heterocycles. The molecule has 3 heterocycles. The van der Waals surface area contributed by atoms with Crippen LogP contribution in [0.1, 0.15) is 52.6 Å². The molecule has 0 aliphatic carbocycles. The van der Waals surface area contributed by atoms with Gasteiger partial charge in [-0.15, -0.1) is 5.06 Å². The first-order chi connectivity index (χ1) is 16.6. The van der Waals surface area contributed by atoms with Gasteiger partial charge in [0.25, 0.3) is 11.8 Å². The molecule has 174 valence electrons. The number of carbonyl (C=O) groups excluding carboxylic acids is 2. The van der Waals surface area contributed by atoms with E-state index in [0.29, 0.717) is 30.2 Å². The molecule has 2 amide bonds. The number of imide groups is 1. The molecule has 2 aromatic carbocycles. The summed E-state index contributed by atoms with van der Waals surface area (Å²) in [4.78, 5) is 39.7. The fraction of sp³-hybridized carbons (Fsp3) is 0.308. The van der Waals surface area contributed by atoms with Crippen molar-refractivity contribution < 1.29 is 19.2 Å². The van der Waals surface area contributed by atoms with Gasteiger partial charge in [-0.05, 0) is 24.6 Å². The second kappa shape index (κ2) is 9.32. The average molecular weight is 459 g/mol. The minimum absolute atomic E-state index is 0.0984. The highest BCUT2D eigenvalue weighted by atomic mass is 16.7. The lowest BCUT2D eigenvalue weighted by Gasteiger charge is -2.14. The summed E-state index contributed by atoms with van der Waals surface area (Å²) in [5.41, 5.74) is 4.69. The maximum Gasteiger partial charge on any atom is 0.285 e. The Morgan fingerprint density at radius 2 is 1.65 bits per heavy atom. The standard InChI is InChI=1S/C26H26N4O4/c1-3-17(2)22-23-24(20-10-6-7-11-21(20)28-22)29(16-27-23)12-13-33-14-15-34-30-25(31)18-8-4-5-9-19(18)26(30)32/h4-11,16-17H,3,12-15H2,1-2H3. The van der Waals surface area contributed by atoms with Crippen LogP contribution in [0.4, 0.5) is 0 Å². The fourth-order valence-electron chi connectivity index (χ4n) is 4.25. The van der Waals surface area contributed by atoms with Crippen molar-refractivity contribution in [3.05, 3.63) is 71.7 Å². The third kappa shape index (κ3) is 3.85. The minimum atomic E-state index is -0.442. The van der Waals surface area contributed by atoms with Gasteiger partial charge in [0, 0.05) is 17.8 Å². The molecule has 4 aromatic rings. The zero-order valence-corrected chi connectivity index (χ0v) is 19.2. The van der Waals surface area contributed by atoms with Crippen LogP contribution in [0.15, 0.2) is 54.9 Å². The number of para-hydroxylation sites is 1. The number of benzene rings is 2. The molecule has 0 saturated heterocycles. The Morgan fingerprint density at radius 3 is 2.38 bits per heavy atom. The molecule has 0 spiro atoms. The van der Waals surface area contributed by atoms with Crippen molar-refractivity contribution >= 4 is 33.8 Å². The highest BCUT2D eigenvalue weighted by Crippen LogP contribution is 2.30. The number of pyridine rings is 1. The van der Waals surface area contributed by atoms with E-state index in [4.69, 9.17) is 14.6 Å². The molecule has 34 heavy (non-hydrogen) atoms. The van der Waals surface area contributed by atoms with Gasteiger partial charge in [0.2, 0.25) is 0 Å². The largest absolute Gasteiger partial charge is 0.377 e. The van der Waals surface area contributed by atoms with Crippen LogP contribution in [0.25, 0.3) is 21.9 Å². The van der Waals surface area contributed by atoms with Gasteiger partial charge in [0.1, 0.15) is 5.52 Å². The number of imidazole rings is 1. The molecule has 0 N–H and O–H groups in total. The summed E-state index contributed by atoms with van der Waals surface area (Å²) < 4.78 is 7.83. The monoisotopic (exact) mass is 458 g/mol. The number of aromatic nitrogens is 3. The van der Waals surface area contributed by atoms with Crippen LogP contribution in [0.2, 0.25) is 0 Å². The third-order valence-electron chi connectivity index (χ3n) is 6.24. The molecule has 0 saturated carbocycles. The molecule has 0 fully saturated rings. The lowest BCUT2D eigenvalue weighted by Crippen LogP contribution is -2.31. The molecule has 8 nitrogen and oxygen atoms in total. The molecule has 0 radical (unpaired) electrons. The van der Waals surface area contributed by atoms with Crippen LogP contribution in [0.5, 0.6) is 0 Å². The number of ether oxygens (including phenoxy) is 1. The smallest absolute Gasteiger partial charge is 0.285 e. The number of fused-ring (bicyclic) bond motifs is 4. The predicted molar refractivity (Wildman–Crippen MR) is 127 cm³/mol. The Kier molecular flexibility index (Phi) is 6.08. The van der Waals surface area contributed by atoms with E-state index in [0.717, 1.165) is 39.1 Å². The van der Waals surface area contributed by atoms with E-state index in [1.165, 1.54) is 0 Å². The number of carbonyl (C=O) groups is 2. The first-order valence-electron chi connectivity index (χ1n) is 11.5. The Hall–Kier alpha value is -3.62. The molecule has 1 atom stereocenters. The van der Waals surface area contributed by atoms with Crippen molar-refractivity contribution in [2.24, 2.45) is 0 Å². The Labute approximate surface area is 197 Å². The highest BCUT2D eigenvalue weighted by Gasteiger charge is 2.36. The zero-order chi connectivity index (χ0) is 23.7. The first-order valence-corrected chi connectivity index (χ1v) is 11.5. The van der Waals surface area contributed by atoms with Crippen LogP contribution in [0.3, 0.4) is 0 Å². The van der Waals surface area contributed by atoms with Gasteiger partial charge in [-0.2, -0.15) is 0 Å². The lowest BCUT2D eigenvalue weighted by atomic mass is 10.0. The number of hydrogen-bond acceptors (Lipinski definition) is 6. The minimum Gasteiger partial charge on any atom is -0.377 e. The Bertz CT molecular complexity index is 1350. The summed E-state index contributed by atoms with van der Waals surface area (Å²) in [6.07, 6.45) is 2.83. The second-order valence-corrected chi connectivity index (χ2v) is 8.35. The van der Waals surface area contributed by atoms with Crippen LogP contribution in [-0.2, 0) is 16.1 Å². The molecule has 1 aliphatic rings. The molecule has 1 aliphatic heterocycles. The topological polar surface area (TPSA) is 86.6 Å². The normalized spacial score (nSPS) is 14.4. The second-order valence-electron chi connectivity index (χ2n) is 8.35. The molecule has 8 heteroatoms. The fourth-order valence-corrected chi connectivity index (χ4v) is 4.25. The van der Waals surface area contributed by atoms with E-state index in [-0.39, 0.29) is 13.2 Å².